The fourth-order valence-electron chi connectivity index (χ4n) is 1.63. The molecule has 0 aliphatic carbocycles. The molecule has 5 heteroatoms. The van der Waals surface area contributed by atoms with Crippen molar-refractivity contribution in [3.05, 3.63) is 54.1 Å². The lowest BCUT2D eigenvalue weighted by Crippen LogP contribution is -2.01. The van der Waals surface area contributed by atoms with Gasteiger partial charge in [0.05, 0.1) is 5.71 Å². The Morgan fingerprint density at radius 3 is 2.47 bits per heavy atom. The van der Waals surface area contributed by atoms with Crippen molar-refractivity contribution >= 4 is 5.71 Å². The Kier molecular flexibility index (Phi) is 4.44. The second-order valence-electron chi connectivity index (χ2n) is 3.88. The molecule has 0 amide bonds. The maximum absolute atomic E-state index is 8.84. The fourth-order valence-corrected chi connectivity index (χ4v) is 1.63. The fraction of sp³-hybridized carbons (Fsp3) is 0.214. The van der Waals surface area contributed by atoms with Crippen molar-refractivity contribution in [3.63, 3.8) is 0 Å². The Balaban J connectivity index is 1.99. The summed E-state index contributed by atoms with van der Waals surface area (Å²) in [6, 6.07) is 9.15. The quantitative estimate of drug-likeness (QED) is 0.508. The summed E-state index contributed by atoms with van der Waals surface area (Å²) >= 11 is 0. The minimum absolute atomic E-state index is 0.328. The summed E-state index contributed by atoms with van der Waals surface area (Å²) in [5.74, 6) is 1.36. The van der Waals surface area contributed by atoms with Crippen LogP contribution in [0.5, 0.6) is 5.75 Å². The number of rotatable bonds is 5. The Morgan fingerprint density at radius 2 is 1.89 bits per heavy atom. The third kappa shape index (κ3) is 3.51. The van der Waals surface area contributed by atoms with Crippen LogP contribution >= 0.6 is 0 Å². The van der Waals surface area contributed by atoms with Gasteiger partial charge in [-0.25, -0.2) is 9.97 Å². The number of oxime groups is 1. The maximum Gasteiger partial charge on any atom is 0.166 e. The number of ether oxygens (including phenoxy) is 1. The molecule has 0 atom stereocenters. The van der Waals surface area contributed by atoms with E-state index in [0.717, 1.165) is 11.3 Å². The average molecular weight is 257 g/mol. The molecule has 98 valence electrons. The molecule has 19 heavy (non-hydrogen) atoms. The number of hydrogen-bond acceptors (Lipinski definition) is 5. The molecule has 0 spiro atoms. The van der Waals surface area contributed by atoms with Gasteiger partial charge in [0.2, 0.25) is 0 Å². The zero-order chi connectivity index (χ0) is 13.5. The van der Waals surface area contributed by atoms with Crippen LogP contribution in [0.15, 0.2) is 47.9 Å². The summed E-state index contributed by atoms with van der Waals surface area (Å²) in [5.41, 5.74) is 1.53. The van der Waals surface area contributed by atoms with Crippen LogP contribution in [0.3, 0.4) is 0 Å². The lowest BCUT2D eigenvalue weighted by Gasteiger charge is -2.06. The zero-order valence-corrected chi connectivity index (χ0v) is 10.7. The lowest BCUT2D eigenvalue weighted by molar-refractivity contribution is 0.295. The summed E-state index contributed by atoms with van der Waals surface area (Å²) in [7, 11) is 0. The SMILES string of the molecule is CCC(=NO)c1ccc(OCc2ncccn2)cc1. The van der Waals surface area contributed by atoms with Crippen LogP contribution in [-0.2, 0) is 6.61 Å². The topological polar surface area (TPSA) is 67.6 Å². The molecule has 1 aromatic carbocycles. The molecule has 0 aliphatic heterocycles. The number of aromatic nitrogens is 2. The van der Waals surface area contributed by atoms with Gasteiger partial charge >= 0.3 is 0 Å². The van der Waals surface area contributed by atoms with E-state index in [1.165, 1.54) is 0 Å². The van der Waals surface area contributed by atoms with E-state index in [2.05, 4.69) is 15.1 Å². The molecular weight excluding hydrogens is 242 g/mol. The first kappa shape index (κ1) is 13.0. The lowest BCUT2D eigenvalue weighted by atomic mass is 10.1. The highest BCUT2D eigenvalue weighted by molar-refractivity contribution is 6.00. The monoisotopic (exact) mass is 257 g/mol. The van der Waals surface area contributed by atoms with Crippen LogP contribution in [0.1, 0.15) is 24.7 Å². The van der Waals surface area contributed by atoms with Gasteiger partial charge in [0.1, 0.15) is 12.4 Å². The number of nitrogens with zero attached hydrogens (tertiary/aromatic N) is 3. The smallest absolute Gasteiger partial charge is 0.166 e. The molecular formula is C14H15N3O2. The van der Waals surface area contributed by atoms with Gasteiger partial charge in [-0.05, 0) is 42.3 Å². The standard InChI is InChI=1S/C14H15N3O2/c1-2-13(17-18)11-4-6-12(7-5-11)19-10-14-15-8-3-9-16-14/h3-9,18H,2,10H2,1H3. The molecule has 0 saturated heterocycles. The van der Waals surface area contributed by atoms with Crippen LogP contribution in [0.2, 0.25) is 0 Å². The van der Waals surface area contributed by atoms with E-state index in [-0.39, 0.29) is 0 Å². The summed E-state index contributed by atoms with van der Waals surface area (Å²) in [5, 5.41) is 12.1. The summed E-state index contributed by atoms with van der Waals surface area (Å²) in [4.78, 5) is 8.16. The van der Waals surface area contributed by atoms with E-state index in [9.17, 15) is 0 Å². The van der Waals surface area contributed by atoms with E-state index < -0.39 is 0 Å². The van der Waals surface area contributed by atoms with Crippen molar-refractivity contribution < 1.29 is 9.94 Å². The van der Waals surface area contributed by atoms with Gasteiger partial charge in [-0.1, -0.05) is 12.1 Å². The van der Waals surface area contributed by atoms with Crippen LogP contribution in [0, 0.1) is 0 Å². The van der Waals surface area contributed by atoms with Crippen LogP contribution in [0.25, 0.3) is 0 Å². The van der Waals surface area contributed by atoms with Crippen LogP contribution < -0.4 is 4.74 Å². The van der Waals surface area contributed by atoms with Gasteiger partial charge in [0, 0.05) is 12.4 Å². The highest BCUT2D eigenvalue weighted by Crippen LogP contribution is 2.14. The predicted molar refractivity (Wildman–Crippen MR) is 71.4 cm³/mol. The van der Waals surface area contributed by atoms with Gasteiger partial charge in [-0.3, -0.25) is 0 Å². The third-order valence-corrected chi connectivity index (χ3v) is 2.63. The maximum atomic E-state index is 8.84. The van der Waals surface area contributed by atoms with E-state index >= 15 is 0 Å². The molecule has 5 nitrogen and oxygen atoms in total. The highest BCUT2D eigenvalue weighted by Gasteiger charge is 2.02. The highest BCUT2D eigenvalue weighted by atomic mass is 16.5. The van der Waals surface area contributed by atoms with Crippen molar-refractivity contribution in [1.29, 1.82) is 0 Å². The second-order valence-corrected chi connectivity index (χ2v) is 3.88. The van der Waals surface area contributed by atoms with E-state index in [0.29, 0.717) is 24.6 Å². The van der Waals surface area contributed by atoms with Gasteiger partial charge in [0.15, 0.2) is 5.82 Å². The first-order valence-electron chi connectivity index (χ1n) is 6.03. The van der Waals surface area contributed by atoms with Crippen LogP contribution in [-0.4, -0.2) is 20.9 Å². The van der Waals surface area contributed by atoms with Gasteiger partial charge in [-0.2, -0.15) is 0 Å². The molecule has 0 bridgehead atoms. The van der Waals surface area contributed by atoms with Gasteiger partial charge in [-0.15, -0.1) is 0 Å². The first-order valence-corrected chi connectivity index (χ1v) is 6.03. The minimum atomic E-state index is 0.328. The number of hydrogen-bond donors (Lipinski definition) is 1. The van der Waals surface area contributed by atoms with E-state index in [4.69, 9.17) is 9.94 Å². The van der Waals surface area contributed by atoms with Crippen molar-refractivity contribution in [3.8, 4) is 5.75 Å². The van der Waals surface area contributed by atoms with Crippen molar-refractivity contribution in [2.75, 3.05) is 0 Å². The molecule has 2 aromatic rings. The first-order chi connectivity index (χ1) is 9.33. The Hall–Kier alpha value is -2.43. The third-order valence-electron chi connectivity index (χ3n) is 2.63. The normalized spacial score (nSPS) is 11.3. The van der Waals surface area contributed by atoms with E-state index in [1.807, 2.05) is 31.2 Å². The molecule has 1 heterocycles. The van der Waals surface area contributed by atoms with Gasteiger partial charge in [0.25, 0.3) is 0 Å². The molecule has 2 rings (SSSR count). The molecule has 0 radical (unpaired) electrons. The van der Waals surface area contributed by atoms with Crippen molar-refractivity contribution in [2.24, 2.45) is 5.16 Å². The molecule has 0 saturated carbocycles. The summed E-state index contributed by atoms with van der Waals surface area (Å²) < 4.78 is 5.57. The molecule has 0 aliphatic rings. The minimum Gasteiger partial charge on any atom is -0.486 e. The summed E-state index contributed by atoms with van der Waals surface area (Å²) in [6.45, 7) is 2.26. The zero-order valence-electron chi connectivity index (χ0n) is 10.7. The largest absolute Gasteiger partial charge is 0.486 e. The van der Waals surface area contributed by atoms with Gasteiger partial charge < -0.3 is 9.94 Å². The van der Waals surface area contributed by atoms with E-state index in [1.54, 1.807) is 18.5 Å². The second kappa shape index (κ2) is 6.49. The average Bonchev–Trinajstić information content (AvgIpc) is 2.49. The molecule has 0 fully saturated rings. The van der Waals surface area contributed by atoms with Crippen molar-refractivity contribution in [2.45, 2.75) is 20.0 Å². The molecule has 1 N–H and O–H groups in total. The van der Waals surface area contributed by atoms with Crippen LogP contribution in [0.4, 0.5) is 0 Å². The Bertz CT molecular complexity index is 538. The number of benzene rings is 1. The molecule has 0 unspecified atom stereocenters. The Labute approximate surface area is 111 Å². The summed E-state index contributed by atoms with van der Waals surface area (Å²) in [6.07, 6.45) is 4.04. The Morgan fingerprint density at radius 1 is 1.21 bits per heavy atom. The molecule has 1 aromatic heterocycles. The van der Waals surface area contributed by atoms with Crippen molar-refractivity contribution in [1.82, 2.24) is 9.97 Å². The predicted octanol–water partition coefficient (Wildman–Crippen LogP) is 2.64.